The van der Waals surface area contributed by atoms with Crippen LogP contribution in [-0.4, -0.2) is 52.7 Å². The standard InChI is InChI=1S/C25H31N5O2/c1-17-14-18-8-3-4-11-22(18)30(17)24(31)26-12-5-6-13-28(2)20-15-19-9-7-10-21-23(19)29(16-20)25(32)27-21/h3-4,7-11,17,20H,5-6,12-16H2,1-2H3,(H,26,31)(H,27,32)/t17?,20-/m0/s1. The number of aromatic amines is 1. The van der Waals surface area contributed by atoms with Gasteiger partial charge < -0.3 is 15.2 Å². The molecule has 0 fully saturated rings. The first-order valence-electron chi connectivity index (χ1n) is 11.6. The molecule has 7 nitrogen and oxygen atoms in total. The number of carbonyl (C=O) groups excluding carboxylic acids is 1. The number of carbonyl (C=O) groups is 1. The minimum atomic E-state index is -0.0222. The molecule has 0 spiro atoms. The summed E-state index contributed by atoms with van der Waals surface area (Å²) in [6.45, 7) is 4.42. The van der Waals surface area contributed by atoms with Crippen LogP contribution in [0.15, 0.2) is 47.3 Å². The number of para-hydroxylation sites is 2. The molecule has 0 radical (unpaired) electrons. The maximum atomic E-state index is 12.7. The van der Waals surface area contributed by atoms with Gasteiger partial charge in [0.15, 0.2) is 0 Å². The molecule has 3 aromatic rings. The highest BCUT2D eigenvalue weighted by Crippen LogP contribution is 2.31. The molecule has 1 unspecified atom stereocenters. The third-order valence-corrected chi connectivity index (χ3v) is 6.99. The SMILES string of the molecule is CC1Cc2ccccc2N1C(=O)NCCCCN(C)[C@H]1Cc2cccc3[nH]c(=O)n(c23)C1. The van der Waals surface area contributed by atoms with Crippen LogP contribution in [0.2, 0.25) is 0 Å². The van der Waals surface area contributed by atoms with E-state index in [-0.39, 0.29) is 17.8 Å². The first kappa shape index (κ1) is 20.8. The second-order valence-electron chi connectivity index (χ2n) is 9.18. The predicted octanol–water partition coefficient (Wildman–Crippen LogP) is 3.13. The number of unbranched alkanes of at least 4 members (excludes halogenated alkanes) is 1. The number of aromatic nitrogens is 2. The fraction of sp³-hybridized carbons (Fsp3) is 0.440. The van der Waals surface area contributed by atoms with Crippen LogP contribution in [0.3, 0.4) is 0 Å². The zero-order valence-electron chi connectivity index (χ0n) is 18.8. The number of hydrogen-bond donors (Lipinski definition) is 2. The maximum absolute atomic E-state index is 12.7. The van der Waals surface area contributed by atoms with Crippen LogP contribution < -0.4 is 15.9 Å². The highest BCUT2D eigenvalue weighted by Gasteiger charge is 2.30. The molecule has 0 saturated heterocycles. The lowest BCUT2D eigenvalue weighted by molar-refractivity contribution is 0.209. The van der Waals surface area contributed by atoms with Gasteiger partial charge in [-0.2, -0.15) is 0 Å². The molecule has 2 aliphatic rings. The molecule has 1 aromatic heterocycles. The quantitative estimate of drug-likeness (QED) is 0.587. The van der Waals surface area contributed by atoms with Crippen LogP contribution in [0.1, 0.15) is 30.9 Å². The number of rotatable bonds is 6. The molecule has 0 bridgehead atoms. The summed E-state index contributed by atoms with van der Waals surface area (Å²) in [7, 11) is 2.13. The van der Waals surface area contributed by atoms with Gasteiger partial charge in [0.2, 0.25) is 0 Å². The molecule has 7 heteroatoms. The highest BCUT2D eigenvalue weighted by atomic mass is 16.2. The normalized spacial score (nSPS) is 19.5. The average Bonchev–Trinajstić information content (AvgIpc) is 3.30. The number of H-pyrrole nitrogens is 1. The smallest absolute Gasteiger partial charge is 0.326 e. The van der Waals surface area contributed by atoms with E-state index in [9.17, 15) is 9.59 Å². The molecule has 32 heavy (non-hydrogen) atoms. The molecular weight excluding hydrogens is 402 g/mol. The Labute approximate surface area is 188 Å². The number of anilines is 1. The maximum Gasteiger partial charge on any atom is 0.326 e. The molecule has 2 aromatic carbocycles. The van der Waals surface area contributed by atoms with Crippen LogP contribution in [0.4, 0.5) is 10.5 Å². The van der Waals surface area contributed by atoms with Gasteiger partial charge in [0.1, 0.15) is 0 Å². The van der Waals surface area contributed by atoms with Crippen molar-refractivity contribution in [3.05, 3.63) is 64.1 Å². The number of likely N-dealkylation sites (N-methyl/N-ethyl adjacent to an activating group) is 1. The van der Waals surface area contributed by atoms with E-state index in [1.54, 1.807) is 0 Å². The van der Waals surface area contributed by atoms with E-state index in [0.29, 0.717) is 12.6 Å². The average molecular weight is 434 g/mol. The van der Waals surface area contributed by atoms with Crippen molar-refractivity contribution in [1.82, 2.24) is 19.8 Å². The third kappa shape index (κ3) is 3.71. The fourth-order valence-corrected chi connectivity index (χ4v) is 5.28. The monoisotopic (exact) mass is 433 g/mol. The molecular formula is C25H31N5O2. The summed E-state index contributed by atoms with van der Waals surface area (Å²) in [6, 6.07) is 14.7. The number of imidazole rings is 1. The van der Waals surface area contributed by atoms with Gasteiger partial charge >= 0.3 is 11.7 Å². The Bertz CT molecular complexity index is 1200. The van der Waals surface area contributed by atoms with Crippen molar-refractivity contribution >= 4 is 22.8 Å². The molecule has 2 amide bonds. The number of fused-ring (bicyclic) bond motifs is 1. The first-order valence-corrected chi connectivity index (χ1v) is 11.6. The summed E-state index contributed by atoms with van der Waals surface area (Å²) in [6.07, 6.45) is 3.79. The lowest BCUT2D eigenvalue weighted by Gasteiger charge is -2.32. The summed E-state index contributed by atoms with van der Waals surface area (Å²) in [5, 5.41) is 3.10. The van der Waals surface area contributed by atoms with Crippen molar-refractivity contribution in [2.45, 2.75) is 51.2 Å². The minimum absolute atomic E-state index is 0.00413. The van der Waals surface area contributed by atoms with Crippen molar-refractivity contribution in [2.24, 2.45) is 0 Å². The molecule has 0 aliphatic carbocycles. The molecule has 3 heterocycles. The highest BCUT2D eigenvalue weighted by molar-refractivity contribution is 5.94. The summed E-state index contributed by atoms with van der Waals surface area (Å²) in [5.74, 6) is 0. The second-order valence-corrected chi connectivity index (χ2v) is 9.18. The molecule has 2 N–H and O–H groups in total. The Morgan fingerprint density at radius 3 is 2.81 bits per heavy atom. The van der Waals surface area contributed by atoms with Gasteiger partial charge in [-0.05, 0) is 69.5 Å². The van der Waals surface area contributed by atoms with Gasteiger partial charge in [-0.3, -0.25) is 9.47 Å². The van der Waals surface area contributed by atoms with Gasteiger partial charge in [-0.1, -0.05) is 30.3 Å². The van der Waals surface area contributed by atoms with Crippen molar-refractivity contribution < 1.29 is 4.79 Å². The minimum Gasteiger partial charge on any atom is -0.338 e. The van der Waals surface area contributed by atoms with Gasteiger partial charge in [-0.15, -0.1) is 0 Å². The fourth-order valence-electron chi connectivity index (χ4n) is 5.28. The van der Waals surface area contributed by atoms with Crippen molar-refractivity contribution in [2.75, 3.05) is 25.0 Å². The second kappa shape index (κ2) is 8.47. The summed E-state index contributed by atoms with van der Waals surface area (Å²) >= 11 is 0. The molecule has 0 saturated carbocycles. The number of benzene rings is 2. The van der Waals surface area contributed by atoms with E-state index < -0.39 is 0 Å². The van der Waals surface area contributed by atoms with Crippen molar-refractivity contribution in [3.8, 4) is 0 Å². The number of hydrogen-bond acceptors (Lipinski definition) is 3. The van der Waals surface area contributed by atoms with Gasteiger partial charge in [0, 0.05) is 30.9 Å². The van der Waals surface area contributed by atoms with E-state index in [0.717, 1.165) is 55.5 Å². The van der Waals surface area contributed by atoms with Crippen LogP contribution in [0, 0.1) is 0 Å². The zero-order chi connectivity index (χ0) is 22.2. The third-order valence-electron chi connectivity index (χ3n) is 6.99. The summed E-state index contributed by atoms with van der Waals surface area (Å²) < 4.78 is 1.88. The predicted molar refractivity (Wildman–Crippen MR) is 127 cm³/mol. The van der Waals surface area contributed by atoms with Gasteiger partial charge in [0.05, 0.1) is 11.0 Å². The molecule has 2 aliphatic heterocycles. The van der Waals surface area contributed by atoms with E-state index in [1.807, 2.05) is 39.8 Å². The zero-order valence-corrected chi connectivity index (χ0v) is 18.8. The summed E-state index contributed by atoms with van der Waals surface area (Å²) in [5.41, 5.74) is 5.47. The van der Waals surface area contributed by atoms with Crippen LogP contribution >= 0.6 is 0 Å². The Balaban J connectivity index is 1.10. The summed E-state index contributed by atoms with van der Waals surface area (Å²) in [4.78, 5) is 32.3. The lowest BCUT2D eigenvalue weighted by Crippen LogP contribution is -2.44. The van der Waals surface area contributed by atoms with Crippen molar-refractivity contribution in [1.29, 1.82) is 0 Å². The number of nitrogens with one attached hydrogen (secondary N) is 2. The van der Waals surface area contributed by atoms with Gasteiger partial charge in [-0.25, -0.2) is 9.59 Å². The molecule has 5 rings (SSSR count). The Kier molecular flexibility index (Phi) is 5.51. The Morgan fingerprint density at radius 1 is 1.12 bits per heavy atom. The van der Waals surface area contributed by atoms with E-state index in [1.165, 1.54) is 11.1 Å². The first-order chi connectivity index (χ1) is 15.5. The van der Waals surface area contributed by atoms with E-state index in [4.69, 9.17) is 0 Å². The Morgan fingerprint density at radius 2 is 1.94 bits per heavy atom. The van der Waals surface area contributed by atoms with Crippen LogP contribution in [-0.2, 0) is 19.4 Å². The van der Waals surface area contributed by atoms with Crippen molar-refractivity contribution in [3.63, 3.8) is 0 Å². The molecule has 2 atom stereocenters. The topological polar surface area (TPSA) is 73.4 Å². The Hall–Kier alpha value is -3.06. The number of amides is 2. The largest absolute Gasteiger partial charge is 0.338 e. The number of urea groups is 1. The van der Waals surface area contributed by atoms with E-state index >= 15 is 0 Å². The van der Waals surface area contributed by atoms with Crippen LogP contribution in [0.5, 0.6) is 0 Å². The number of nitrogens with zero attached hydrogens (tertiary/aromatic N) is 3. The van der Waals surface area contributed by atoms with Gasteiger partial charge in [0.25, 0.3) is 0 Å². The van der Waals surface area contributed by atoms with Crippen LogP contribution in [0.25, 0.3) is 11.0 Å². The lowest BCUT2D eigenvalue weighted by atomic mass is 9.99. The molecule has 168 valence electrons. The van der Waals surface area contributed by atoms with E-state index in [2.05, 4.69) is 41.3 Å².